The Morgan fingerprint density at radius 1 is 0.952 bits per heavy atom. The summed E-state index contributed by atoms with van der Waals surface area (Å²) in [4.78, 5) is 14.6. The summed E-state index contributed by atoms with van der Waals surface area (Å²) in [5.74, 6) is -0.378. The zero-order valence-corrected chi connectivity index (χ0v) is 10.3. The normalized spacial score (nSPS) is 18.2. The Labute approximate surface area is 114 Å². The summed E-state index contributed by atoms with van der Waals surface area (Å²) in [5, 5.41) is 2.37. The van der Waals surface area contributed by atoms with E-state index >= 15 is 0 Å². The van der Waals surface area contributed by atoms with Crippen LogP contribution < -0.4 is 5.32 Å². The van der Waals surface area contributed by atoms with Crippen LogP contribution >= 0.6 is 0 Å². The predicted octanol–water partition coefficient (Wildman–Crippen LogP) is 3.32. The quantitative estimate of drug-likeness (QED) is 0.794. The molecule has 0 unspecified atom stereocenters. The van der Waals surface area contributed by atoms with Gasteiger partial charge in [-0.3, -0.25) is 9.79 Å². The van der Waals surface area contributed by atoms with Crippen molar-refractivity contribution in [1.82, 2.24) is 5.32 Å². The van der Waals surface area contributed by atoms with E-state index in [0.29, 0.717) is 12.1 Å². The molecular formula is C12H8F6N2O. The first kappa shape index (κ1) is 15.3. The SMILES string of the molecule is O=C1CC(=Nc2cc(C(F)(F)F)cc(C(F)(F)F)c2)CN1. The number of halogens is 6. The standard InChI is InChI=1S/C12H8F6N2O/c13-11(14,15)6-1-7(12(16,17)18)3-8(2-6)20-9-4-10(21)19-5-9/h1-3H,4-5H2,(H,19,21). The van der Waals surface area contributed by atoms with Gasteiger partial charge in [0.2, 0.25) is 5.91 Å². The van der Waals surface area contributed by atoms with Gasteiger partial charge in [-0.2, -0.15) is 26.3 Å². The molecule has 1 aromatic rings. The van der Waals surface area contributed by atoms with Crippen molar-refractivity contribution >= 4 is 17.3 Å². The highest BCUT2D eigenvalue weighted by molar-refractivity contribution is 6.09. The molecule has 0 aliphatic carbocycles. The molecule has 0 aromatic heterocycles. The summed E-state index contributed by atoms with van der Waals surface area (Å²) in [7, 11) is 0. The largest absolute Gasteiger partial charge is 0.416 e. The molecule has 21 heavy (non-hydrogen) atoms. The molecule has 1 amide bonds. The molecule has 0 spiro atoms. The number of rotatable bonds is 1. The Hall–Kier alpha value is -2.06. The van der Waals surface area contributed by atoms with E-state index in [1.807, 2.05) is 0 Å². The molecule has 1 N–H and O–H groups in total. The lowest BCUT2D eigenvalue weighted by molar-refractivity contribution is -0.143. The second-order valence-electron chi connectivity index (χ2n) is 4.40. The fourth-order valence-electron chi connectivity index (χ4n) is 1.78. The van der Waals surface area contributed by atoms with Crippen LogP contribution in [0.25, 0.3) is 0 Å². The number of nitrogens with one attached hydrogen (secondary N) is 1. The maximum absolute atomic E-state index is 12.6. The van der Waals surface area contributed by atoms with E-state index in [0.717, 1.165) is 0 Å². The average molecular weight is 310 g/mol. The van der Waals surface area contributed by atoms with Gasteiger partial charge in [-0.1, -0.05) is 0 Å². The topological polar surface area (TPSA) is 41.5 Å². The van der Waals surface area contributed by atoms with E-state index in [9.17, 15) is 31.1 Å². The summed E-state index contributed by atoms with van der Waals surface area (Å²) in [6.07, 6.45) is -9.97. The zero-order chi connectivity index (χ0) is 15.8. The van der Waals surface area contributed by atoms with Gasteiger partial charge < -0.3 is 5.32 Å². The smallest absolute Gasteiger partial charge is 0.350 e. The van der Waals surface area contributed by atoms with Crippen LogP contribution in [0.1, 0.15) is 17.5 Å². The lowest BCUT2D eigenvalue weighted by Crippen LogP contribution is -2.13. The Kier molecular flexibility index (Phi) is 3.68. The van der Waals surface area contributed by atoms with E-state index in [1.54, 1.807) is 0 Å². The van der Waals surface area contributed by atoms with Gasteiger partial charge in [0.25, 0.3) is 0 Å². The number of nitrogens with zero attached hydrogens (tertiary/aromatic N) is 1. The van der Waals surface area contributed by atoms with Crippen LogP contribution in [0, 0.1) is 0 Å². The summed E-state index contributed by atoms with van der Waals surface area (Å²) in [6.45, 7) is 0.0103. The highest BCUT2D eigenvalue weighted by Gasteiger charge is 2.37. The van der Waals surface area contributed by atoms with Crippen molar-refractivity contribution in [3.8, 4) is 0 Å². The van der Waals surface area contributed by atoms with E-state index < -0.39 is 29.2 Å². The second kappa shape index (κ2) is 5.05. The Bertz CT molecular complexity index is 570. The van der Waals surface area contributed by atoms with Crippen LogP contribution in [-0.2, 0) is 17.1 Å². The first-order valence-corrected chi connectivity index (χ1v) is 5.68. The molecule has 114 valence electrons. The summed E-state index contributed by atoms with van der Waals surface area (Å²) in [5.41, 5.74) is -3.17. The highest BCUT2D eigenvalue weighted by atomic mass is 19.4. The molecule has 1 saturated heterocycles. The van der Waals surface area contributed by atoms with Gasteiger partial charge in [-0.05, 0) is 18.2 Å². The fraction of sp³-hybridized carbons (Fsp3) is 0.333. The summed E-state index contributed by atoms with van der Waals surface area (Å²) >= 11 is 0. The van der Waals surface area contributed by atoms with Gasteiger partial charge in [0.1, 0.15) is 0 Å². The van der Waals surface area contributed by atoms with E-state index in [1.165, 1.54) is 0 Å². The van der Waals surface area contributed by atoms with Crippen LogP contribution in [0.5, 0.6) is 0 Å². The first-order valence-electron chi connectivity index (χ1n) is 5.68. The minimum absolute atomic E-state index is 0.0103. The van der Waals surface area contributed by atoms with Gasteiger partial charge in [0.15, 0.2) is 0 Å². The van der Waals surface area contributed by atoms with Crippen molar-refractivity contribution in [3.63, 3.8) is 0 Å². The second-order valence-corrected chi connectivity index (χ2v) is 4.40. The van der Waals surface area contributed by atoms with E-state index in [2.05, 4.69) is 10.3 Å². The molecule has 3 nitrogen and oxygen atoms in total. The van der Waals surface area contributed by atoms with E-state index in [4.69, 9.17) is 0 Å². The molecule has 1 aliphatic rings. The molecule has 0 radical (unpaired) electrons. The van der Waals surface area contributed by atoms with Crippen molar-refractivity contribution < 1.29 is 31.1 Å². The monoisotopic (exact) mass is 310 g/mol. The Morgan fingerprint density at radius 3 is 1.86 bits per heavy atom. The van der Waals surface area contributed by atoms with Gasteiger partial charge in [0.05, 0.1) is 29.8 Å². The van der Waals surface area contributed by atoms with Gasteiger partial charge in [0, 0.05) is 5.71 Å². The molecule has 2 rings (SSSR count). The molecule has 1 fully saturated rings. The third kappa shape index (κ3) is 3.73. The van der Waals surface area contributed by atoms with Crippen LogP contribution in [0.2, 0.25) is 0 Å². The number of hydrogen-bond donors (Lipinski definition) is 1. The van der Waals surface area contributed by atoms with Crippen LogP contribution in [0.15, 0.2) is 23.2 Å². The molecule has 9 heteroatoms. The lowest BCUT2D eigenvalue weighted by atomic mass is 10.1. The van der Waals surface area contributed by atoms with Crippen LogP contribution in [0.3, 0.4) is 0 Å². The number of benzene rings is 1. The molecule has 1 aromatic carbocycles. The minimum Gasteiger partial charge on any atom is -0.350 e. The number of aliphatic imine (C=N–C) groups is 1. The summed E-state index contributed by atoms with van der Waals surface area (Å²) in [6, 6.07) is 1.07. The Morgan fingerprint density at radius 2 is 1.48 bits per heavy atom. The van der Waals surface area contributed by atoms with Crippen molar-refractivity contribution in [2.45, 2.75) is 18.8 Å². The molecule has 0 atom stereocenters. The predicted molar refractivity (Wildman–Crippen MR) is 61.2 cm³/mol. The van der Waals surface area contributed by atoms with Gasteiger partial charge in [-0.15, -0.1) is 0 Å². The molecule has 0 saturated carbocycles. The first-order chi connectivity index (χ1) is 9.55. The van der Waals surface area contributed by atoms with Crippen molar-refractivity contribution in [3.05, 3.63) is 29.3 Å². The summed E-state index contributed by atoms with van der Waals surface area (Å²) < 4.78 is 75.8. The number of alkyl halides is 6. The number of carbonyl (C=O) groups excluding carboxylic acids is 1. The fourth-order valence-corrected chi connectivity index (χ4v) is 1.78. The third-order valence-electron chi connectivity index (χ3n) is 2.71. The number of hydrogen-bond acceptors (Lipinski definition) is 2. The highest BCUT2D eigenvalue weighted by Crippen LogP contribution is 2.38. The average Bonchev–Trinajstić information content (AvgIpc) is 2.72. The molecule has 1 heterocycles. The van der Waals surface area contributed by atoms with E-state index in [-0.39, 0.29) is 30.7 Å². The number of amides is 1. The molecule has 1 aliphatic heterocycles. The van der Waals surface area contributed by atoms with Crippen molar-refractivity contribution in [2.24, 2.45) is 4.99 Å². The minimum atomic E-state index is -4.92. The zero-order valence-electron chi connectivity index (χ0n) is 10.3. The third-order valence-corrected chi connectivity index (χ3v) is 2.71. The molecule has 0 bridgehead atoms. The van der Waals surface area contributed by atoms with Crippen molar-refractivity contribution in [1.29, 1.82) is 0 Å². The van der Waals surface area contributed by atoms with Crippen LogP contribution in [-0.4, -0.2) is 18.2 Å². The Balaban J connectivity index is 2.48. The lowest BCUT2D eigenvalue weighted by Gasteiger charge is -2.12. The molecular weight excluding hydrogens is 302 g/mol. The van der Waals surface area contributed by atoms with Gasteiger partial charge in [-0.25, -0.2) is 0 Å². The maximum atomic E-state index is 12.6. The maximum Gasteiger partial charge on any atom is 0.416 e. The van der Waals surface area contributed by atoms with Gasteiger partial charge >= 0.3 is 12.4 Å². The number of carbonyl (C=O) groups is 1. The van der Waals surface area contributed by atoms with Crippen molar-refractivity contribution in [2.75, 3.05) is 6.54 Å². The van der Waals surface area contributed by atoms with Crippen LogP contribution in [0.4, 0.5) is 32.0 Å².